The smallest absolute Gasteiger partial charge is 0.174 e. The van der Waals surface area contributed by atoms with Gasteiger partial charge in [-0.15, -0.1) is 0 Å². The second kappa shape index (κ2) is 9.60. The van der Waals surface area contributed by atoms with Crippen LogP contribution in [0, 0.1) is 6.92 Å². The van der Waals surface area contributed by atoms with Gasteiger partial charge in [0.05, 0.1) is 19.1 Å². The minimum atomic E-state index is 0.775. The van der Waals surface area contributed by atoms with Crippen molar-refractivity contribution >= 4 is 11.8 Å². The lowest BCUT2D eigenvalue weighted by Crippen LogP contribution is -1.98. The van der Waals surface area contributed by atoms with Gasteiger partial charge in [0.2, 0.25) is 0 Å². The topological polar surface area (TPSA) is 44.5 Å². The second-order valence-corrected chi connectivity index (χ2v) is 6.84. The SMILES string of the molecule is COc1c(C)ccc(Sc2ccccc2CCCCCN)c1OC. The van der Waals surface area contributed by atoms with E-state index in [1.807, 2.05) is 6.92 Å². The van der Waals surface area contributed by atoms with Crippen LogP contribution in [0.4, 0.5) is 0 Å². The molecule has 0 aliphatic heterocycles. The molecule has 0 aliphatic carbocycles. The molecule has 0 radical (unpaired) electrons. The maximum Gasteiger partial charge on any atom is 0.174 e. The number of benzene rings is 2. The summed E-state index contributed by atoms with van der Waals surface area (Å²) in [5.41, 5.74) is 8.04. The Balaban J connectivity index is 2.22. The van der Waals surface area contributed by atoms with E-state index in [-0.39, 0.29) is 0 Å². The molecule has 3 nitrogen and oxygen atoms in total. The van der Waals surface area contributed by atoms with E-state index in [2.05, 4.69) is 36.4 Å². The van der Waals surface area contributed by atoms with Gasteiger partial charge in [0.25, 0.3) is 0 Å². The first-order chi connectivity index (χ1) is 11.7. The highest BCUT2D eigenvalue weighted by Gasteiger charge is 2.15. The summed E-state index contributed by atoms with van der Waals surface area (Å²) in [4.78, 5) is 2.35. The van der Waals surface area contributed by atoms with Crippen LogP contribution in [0.25, 0.3) is 0 Å². The Kier molecular flexibility index (Phi) is 7.47. The molecule has 0 spiro atoms. The standard InChI is InChI=1S/C20H27NO2S/c1-15-12-13-18(20(23-3)19(15)22-2)24-17-11-7-6-10-16(17)9-5-4-8-14-21/h6-7,10-13H,4-5,8-9,14,21H2,1-3H3. The van der Waals surface area contributed by atoms with Crippen molar-refractivity contribution < 1.29 is 9.47 Å². The Morgan fingerprint density at radius 1 is 0.875 bits per heavy atom. The zero-order valence-electron chi connectivity index (χ0n) is 14.8. The summed E-state index contributed by atoms with van der Waals surface area (Å²) in [5.74, 6) is 1.61. The van der Waals surface area contributed by atoms with E-state index in [0.29, 0.717) is 0 Å². The molecule has 0 saturated heterocycles. The molecule has 0 saturated carbocycles. The van der Waals surface area contributed by atoms with E-state index < -0.39 is 0 Å². The van der Waals surface area contributed by atoms with Crippen molar-refractivity contribution in [1.29, 1.82) is 0 Å². The van der Waals surface area contributed by atoms with Crippen LogP contribution in [0.3, 0.4) is 0 Å². The van der Waals surface area contributed by atoms with Gasteiger partial charge in [0, 0.05) is 4.90 Å². The van der Waals surface area contributed by atoms with Crippen molar-refractivity contribution in [2.24, 2.45) is 5.73 Å². The van der Waals surface area contributed by atoms with Crippen LogP contribution in [-0.4, -0.2) is 20.8 Å². The summed E-state index contributed by atoms with van der Waals surface area (Å²) in [5, 5.41) is 0. The van der Waals surface area contributed by atoms with Gasteiger partial charge in [-0.2, -0.15) is 0 Å². The predicted octanol–water partition coefficient (Wildman–Crippen LogP) is 4.83. The summed E-state index contributed by atoms with van der Waals surface area (Å²) < 4.78 is 11.1. The van der Waals surface area contributed by atoms with Crippen molar-refractivity contribution in [3.05, 3.63) is 47.5 Å². The Hall–Kier alpha value is -1.65. The number of rotatable bonds is 9. The molecule has 2 rings (SSSR count). The number of ether oxygens (including phenoxy) is 2. The molecule has 0 amide bonds. The van der Waals surface area contributed by atoms with Gasteiger partial charge in [-0.05, 0) is 56.0 Å². The molecule has 0 aliphatic rings. The largest absolute Gasteiger partial charge is 0.493 e. The number of hydrogen-bond acceptors (Lipinski definition) is 4. The minimum absolute atomic E-state index is 0.775. The number of methoxy groups -OCH3 is 2. The highest BCUT2D eigenvalue weighted by atomic mass is 32.2. The lowest BCUT2D eigenvalue weighted by molar-refractivity contribution is 0.346. The molecule has 2 aromatic carbocycles. The first kappa shape index (κ1) is 18.7. The molecule has 0 heterocycles. The fourth-order valence-electron chi connectivity index (χ4n) is 2.74. The van der Waals surface area contributed by atoms with Gasteiger partial charge < -0.3 is 15.2 Å². The van der Waals surface area contributed by atoms with Gasteiger partial charge in [-0.1, -0.05) is 42.4 Å². The summed E-state index contributed by atoms with van der Waals surface area (Å²) in [6, 6.07) is 12.8. The molecule has 0 aromatic heterocycles. The molecular formula is C20H27NO2S. The highest BCUT2D eigenvalue weighted by Crippen LogP contribution is 2.43. The van der Waals surface area contributed by atoms with Crippen LogP contribution in [0.2, 0.25) is 0 Å². The first-order valence-corrected chi connectivity index (χ1v) is 9.20. The highest BCUT2D eigenvalue weighted by molar-refractivity contribution is 7.99. The summed E-state index contributed by atoms with van der Waals surface area (Å²) in [7, 11) is 3.38. The summed E-state index contributed by atoms with van der Waals surface area (Å²) in [6.07, 6.45) is 4.52. The van der Waals surface area contributed by atoms with Crippen molar-refractivity contribution in [2.75, 3.05) is 20.8 Å². The van der Waals surface area contributed by atoms with Crippen LogP contribution in [-0.2, 0) is 6.42 Å². The number of unbranched alkanes of at least 4 members (excludes halogenated alkanes) is 2. The Morgan fingerprint density at radius 2 is 1.62 bits per heavy atom. The quantitative estimate of drug-likeness (QED) is 0.661. The minimum Gasteiger partial charge on any atom is -0.493 e. The van der Waals surface area contributed by atoms with Gasteiger partial charge >= 0.3 is 0 Å². The lowest BCUT2D eigenvalue weighted by atomic mass is 10.1. The molecule has 0 unspecified atom stereocenters. The third-order valence-electron chi connectivity index (χ3n) is 4.02. The average Bonchev–Trinajstić information content (AvgIpc) is 2.61. The predicted molar refractivity (Wildman–Crippen MR) is 101 cm³/mol. The zero-order chi connectivity index (χ0) is 17.4. The monoisotopic (exact) mass is 345 g/mol. The van der Waals surface area contributed by atoms with E-state index in [9.17, 15) is 0 Å². The van der Waals surface area contributed by atoms with E-state index in [1.54, 1.807) is 26.0 Å². The maximum atomic E-state index is 5.61. The van der Waals surface area contributed by atoms with Crippen molar-refractivity contribution in [3.63, 3.8) is 0 Å². The van der Waals surface area contributed by atoms with Crippen molar-refractivity contribution in [3.8, 4) is 11.5 Å². The normalized spacial score (nSPS) is 10.7. The fraction of sp³-hybridized carbons (Fsp3) is 0.400. The van der Waals surface area contributed by atoms with E-state index in [4.69, 9.17) is 15.2 Å². The van der Waals surface area contributed by atoms with Gasteiger partial charge in [0.15, 0.2) is 11.5 Å². The Bertz CT molecular complexity index is 658. The molecule has 2 N–H and O–H groups in total. The third-order valence-corrected chi connectivity index (χ3v) is 5.18. The molecule has 0 bridgehead atoms. The number of nitrogens with two attached hydrogens (primary N) is 1. The lowest BCUT2D eigenvalue weighted by Gasteiger charge is -2.16. The Labute approximate surface area is 149 Å². The van der Waals surface area contributed by atoms with Crippen LogP contribution >= 0.6 is 11.8 Å². The molecule has 130 valence electrons. The number of hydrogen-bond donors (Lipinski definition) is 1. The molecule has 24 heavy (non-hydrogen) atoms. The van der Waals surface area contributed by atoms with Crippen LogP contribution < -0.4 is 15.2 Å². The maximum absolute atomic E-state index is 5.61. The van der Waals surface area contributed by atoms with Gasteiger partial charge in [-0.3, -0.25) is 0 Å². The van der Waals surface area contributed by atoms with Crippen LogP contribution in [0.1, 0.15) is 30.4 Å². The van der Waals surface area contributed by atoms with Crippen molar-refractivity contribution in [1.82, 2.24) is 0 Å². The van der Waals surface area contributed by atoms with Crippen molar-refractivity contribution in [2.45, 2.75) is 42.4 Å². The van der Waals surface area contributed by atoms with Gasteiger partial charge in [0.1, 0.15) is 0 Å². The summed E-state index contributed by atoms with van der Waals surface area (Å²) in [6.45, 7) is 2.80. The zero-order valence-corrected chi connectivity index (χ0v) is 15.6. The van der Waals surface area contributed by atoms with E-state index in [0.717, 1.165) is 41.3 Å². The number of aryl methyl sites for hydroxylation is 2. The van der Waals surface area contributed by atoms with E-state index in [1.165, 1.54) is 23.3 Å². The van der Waals surface area contributed by atoms with Gasteiger partial charge in [-0.25, -0.2) is 0 Å². The van der Waals surface area contributed by atoms with Crippen LogP contribution in [0.15, 0.2) is 46.2 Å². The van der Waals surface area contributed by atoms with E-state index >= 15 is 0 Å². The van der Waals surface area contributed by atoms with Crippen LogP contribution in [0.5, 0.6) is 11.5 Å². The molecular weight excluding hydrogens is 318 g/mol. The fourth-order valence-corrected chi connectivity index (χ4v) is 3.82. The Morgan fingerprint density at radius 3 is 2.33 bits per heavy atom. The average molecular weight is 346 g/mol. The molecule has 0 fully saturated rings. The second-order valence-electron chi connectivity index (χ2n) is 5.76. The third kappa shape index (κ3) is 4.68. The summed E-state index contributed by atoms with van der Waals surface area (Å²) >= 11 is 1.74. The molecule has 2 aromatic rings. The first-order valence-electron chi connectivity index (χ1n) is 8.38. The molecule has 4 heteroatoms. The molecule has 0 atom stereocenters.